The van der Waals surface area contributed by atoms with Crippen LogP contribution in [0.3, 0.4) is 0 Å². The lowest BCUT2D eigenvalue weighted by molar-refractivity contribution is 0.0867. The third kappa shape index (κ3) is 2.63. The van der Waals surface area contributed by atoms with Gasteiger partial charge in [-0.2, -0.15) is 0 Å². The molecule has 16 heavy (non-hydrogen) atoms. The Kier molecular flexibility index (Phi) is 3.97. The van der Waals surface area contributed by atoms with Gasteiger partial charge >= 0.3 is 0 Å². The fraction of sp³-hybridized carbons (Fsp3) is 0.571. The van der Waals surface area contributed by atoms with Gasteiger partial charge in [-0.25, -0.2) is 0 Å². The number of likely N-dealkylation sites (tertiary alicyclic amines) is 1. The largest absolute Gasteiger partial charge is 0.384 e. The smallest absolute Gasteiger partial charge is 0.0508 e. The van der Waals surface area contributed by atoms with E-state index in [1.807, 2.05) is 0 Å². The van der Waals surface area contributed by atoms with Crippen molar-refractivity contribution in [1.82, 2.24) is 4.90 Å². The highest BCUT2D eigenvalue weighted by molar-refractivity contribution is 5.21. The Morgan fingerprint density at radius 3 is 2.75 bits per heavy atom. The molecule has 0 saturated carbocycles. The van der Waals surface area contributed by atoms with Crippen molar-refractivity contribution in [2.75, 3.05) is 33.9 Å². The van der Waals surface area contributed by atoms with Crippen molar-refractivity contribution in [3.8, 4) is 0 Å². The van der Waals surface area contributed by atoms with Gasteiger partial charge in [0.15, 0.2) is 0 Å². The first-order valence-corrected chi connectivity index (χ1v) is 6.03. The number of piperidine rings is 1. The number of ether oxygens (including phenoxy) is 1. The number of nitrogens with zero attached hydrogens (tertiary/aromatic N) is 1. The Morgan fingerprint density at radius 2 is 2.06 bits per heavy atom. The van der Waals surface area contributed by atoms with Crippen molar-refractivity contribution < 1.29 is 4.74 Å². The van der Waals surface area contributed by atoms with Gasteiger partial charge in [-0.3, -0.25) is 0 Å². The zero-order valence-corrected chi connectivity index (χ0v) is 10.2. The number of hydrogen-bond donors (Lipinski definition) is 0. The van der Waals surface area contributed by atoms with Crippen LogP contribution in [-0.4, -0.2) is 38.8 Å². The lowest BCUT2D eigenvalue weighted by atomic mass is 9.81. The highest BCUT2D eigenvalue weighted by Crippen LogP contribution is 2.32. The molecule has 1 saturated heterocycles. The Balaban J connectivity index is 2.12. The van der Waals surface area contributed by atoms with E-state index in [0.717, 1.165) is 13.2 Å². The summed E-state index contributed by atoms with van der Waals surface area (Å²) in [6, 6.07) is 10.9. The molecule has 2 rings (SSSR count). The number of benzene rings is 1. The summed E-state index contributed by atoms with van der Waals surface area (Å²) in [5.41, 5.74) is 1.47. The van der Waals surface area contributed by atoms with Crippen LogP contribution in [0.4, 0.5) is 0 Å². The molecule has 0 bridgehead atoms. The minimum absolute atomic E-state index is 0.631. The van der Waals surface area contributed by atoms with Gasteiger partial charge in [0, 0.05) is 19.6 Å². The van der Waals surface area contributed by atoms with Gasteiger partial charge in [0.25, 0.3) is 0 Å². The van der Waals surface area contributed by atoms with E-state index < -0.39 is 0 Å². The molecule has 88 valence electrons. The zero-order chi connectivity index (χ0) is 11.4. The fourth-order valence-electron chi connectivity index (χ4n) is 2.74. The predicted molar refractivity (Wildman–Crippen MR) is 66.7 cm³/mol. The molecule has 2 nitrogen and oxygen atoms in total. The van der Waals surface area contributed by atoms with Gasteiger partial charge < -0.3 is 9.64 Å². The Morgan fingerprint density at radius 1 is 1.31 bits per heavy atom. The van der Waals surface area contributed by atoms with E-state index >= 15 is 0 Å². The van der Waals surface area contributed by atoms with E-state index in [1.54, 1.807) is 7.11 Å². The Bertz CT molecular complexity index is 312. The normalized spacial score (nSPS) is 26.9. The van der Waals surface area contributed by atoms with Crippen molar-refractivity contribution >= 4 is 0 Å². The van der Waals surface area contributed by atoms with Gasteiger partial charge in [-0.1, -0.05) is 30.3 Å². The van der Waals surface area contributed by atoms with E-state index in [2.05, 4.69) is 42.3 Å². The number of rotatable bonds is 3. The molecule has 1 aliphatic heterocycles. The molecule has 0 N–H and O–H groups in total. The van der Waals surface area contributed by atoms with Crippen molar-refractivity contribution in [2.45, 2.75) is 12.3 Å². The molecule has 0 spiro atoms. The predicted octanol–water partition coefficient (Wildman–Crippen LogP) is 2.37. The minimum atomic E-state index is 0.631. The fourth-order valence-corrected chi connectivity index (χ4v) is 2.74. The van der Waals surface area contributed by atoms with Gasteiger partial charge in [0.1, 0.15) is 0 Å². The molecule has 1 aliphatic rings. The standard InChI is InChI=1S/C14H21NO/c1-15-9-8-14(13(10-15)11-16-2)12-6-4-3-5-7-12/h3-7,13-14H,8-11H2,1-2H3. The molecule has 2 atom stereocenters. The Labute approximate surface area is 98.2 Å². The number of methoxy groups -OCH3 is 1. The molecule has 2 unspecified atom stereocenters. The van der Waals surface area contributed by atoms with Gasteiger partial charge in [0.05, 0.1) is 6.61 Å². The average molecular weight is 219 g/mol. The van der Waals surface area contributed by atoms with Crippen LogP contribution in [0.2, 0.25) is 0 Å². The molecule has 0 aliphatic carbocycles. The summed E-state index contributed by atoms with van der Waals surface area (Å²) >= 11 is 0. The maximum absolute atomic E-state index is 5.35. The van der Waals surface area contributed by atoms with Crippen LogP contribution in [0.25, 0.3) is 0 Å². The summed E-state index contributed by atoms with van der Waals surface area (Å²) in [7, 11) is 4.00. The molecule has 1 fully saturated rings. The van der Waals surface area contributed by atoms with E-state index in [9.17, 15) is 0 Å². The maximum Gasteiger partial charge on any atom is 0.0508 e. The highest BCUT2D eigenvalue weighted by atomic mass is 16.5. The minimum Gasteiger partial charge on any atom is -0.384 e. The third-order valence-electron chi connectivity index (χ3n) is 3.55. The molecule has 0 amide bonds. The first-order valence-electron chi connectivity index (χ1n) is 6.03. The SMILES string of the molecule is COCC1CN(C)CCC1c1ccccc1. The van der Waals surface area contributed by atoms with Crippen LogP contribution in [-0.2, 0) is 4.74 Å². The Hall–Kier alpha value is -0.860. The molecular formula is C14H21NO. The summed E-state index contributed by atoms with van der Waals surface area (Å²) < 4.78 is 5.35. The van der Waals surface area contributed by atoms with Crippen LogP contribution >= 0.6 is 0 Å². The third-order valence-corrected chi connectivity index (χ3v) is 3.55. The van der Waals surface area contributed by atoms with Crippen molar-refractivity contribution in [1.29, 1.82) is 0 Å². The van der Waals surface area contributed by atoms with E-state index in [-0.39, 0.29) is 0 Å². The zero-order valence-electron chi connectivity index (χ0n) is 10.2. The monoisotopic (exact) mass is 219 g/mol. The summed E-state index contributed by atoms with van der Waals surface area (Å²) in [5, 5.41) is 0. The second-order valence-corrected chi connectivity index (χ2v) is 4.78. The lowest BCUT2D eigenvalue weighted by Gasteiger charge is -2.36. The lowest BCUT2D eigenvalue weighted by Crippen LogP contribution is -2.39. The molecule has 1 heterocycles. The van der Waals surface area contributed by atoms with E-state index in [1.165, 1.54) is 18.5 Å². The quantitative estimate of drug-likeness (QED) is 0.774. The molecule has 0 radical (unpaired) electrons. The van der Waals surface area contributed by atoms with Crippen molar-refractivity contribution in [2.24, 2.45) is 5.92 Å². The van der Waals surface area contributed by atoms with Crippen LogP contribution in [0.1, 0.15) is 17.9 Å². The maximum atomic E-state index is 5.35. The van der Waals surface area contributed by atoms with Gasteiger partial charge in [-0.05, 0) is 31.5 Å². The second kappa shape index (κ2) is 5.46. The summed E-state index contributed by atoms with van der Waals surface area (Å²) in [6.07, 6.45) is 1.24. The molecule has 2 heteroatoms. The summed E-state index contributed by atoms with van der Waals surface area (Å²) in [5.74, 6) is 1.29. The van der Waals surface area contributed by atoms with Crippen LogP contribution in [0, 0.1) is 5.92 Å². The van der Waals surface area contributed by atoms with Crippen LogP contribution in [0.5, 0.6) is 0 Å². The van der Waals surface area contributed by atoms with E-state index in [4.69, 9.17) is 4.74 Å². The topological polar surface area (TPSA) is 12.5 Å². The van der Waals surface area contributed by atoms with Gasteiger partial charge in [-0.15, -0.1) is 0 Å². The summed E-state index contributed by atoms with van der Waals surface area (Å²) in [6.45, 7) is 3.21. The average Bonchev–Trinajstić information content (AvgIpc) is 2.31. The molecular weight excluding hydrogens is 198 g/mol. The van der Waals surface area contributed by atoms with Crippen molar-refractivity contribution in [3.05, 3.63) is 35.9 Å². The van der Waals surface area contributed by atoms with E-state index in [0.29, 0.717) is 11.8 Å². The van der Waals surface area contributed by atoms with Gasteiger partial charge in [0.2, 0.25) is 0 Å². The first kappa shape index (κ1) is 11.6. The molecule has 1 aromatic carbocycles. The summed E-state index contributed by atoms with van der Waals surface area (Å²) in [4.78, 5) is 2.41. The number of hydrogen-bond acceptors (Lipinski definition) is 2. The second-order valence-electron chi connectivity index (χ2n) is 4.78. The van der Waals surface area contributed by atoms with Crippen LogP contribution < -0.4 is 0 Å². The first-order chi connectivity index (χ1) is 7.81. The van der Waals surface area contributed by atoms with Crippen molar-refractivity contribution in [3.63, 3.8) is 0 Å². The molecule has 0 aromatic heterocycles. The highest BCUT2D eigenvalue weighted by Gasteiger charge is 2.28. The van der Waals surface area contributed by atoms with Crippen LogP contribution in [0.15, 0.2) is 30.3 Å². The molecule has 1 aromatic rings.